The molecule has 1 nitrogen and oxygen atoms in total. The molecule has 4 heteroatoms. The smallest absolute Gasteiger partial charge is 0.113 e. The third-order valence-corrected chi connectivity index (χ3v) is 5.08. The van der Waals surface area contributed by atoms with E-state index in [0.717, 1.165) is 14.9 Å². The summed E-state index contributed by atoms with van der Waals surface area (Å²) in [6, 6.07) is 9.58. The summed E-state index contributed by atoms with van der Waals surface area (Å²) in [5.41, 5.74) is 0.916. The van der Waals surface area contributed by atoms with Gasteiger partial charge in [0.1, 0.15) is 6.10 Å². The molecule has 1 atom stereocenters. The van der Waals surface area contributed by atoms with Crippen LogP contribution in [0.1, 0.15) is 42.2 Å². The fourth-order valence-electron chi connectivity index (χ4n) is 1.80. The van der Waals surface area contributed by atoms with Crippen LogP contribution in [0.4, 0.5) is 0 Å². The van der Waals surface area contributed by atoms with E-state index in [0.29, 0.717) is 5.02 Å². The lowest BCUT2D eigenvalue weighted by Crippen LogP contribution is -2.07. The van der Waals surface area contributed by atoms with E-state index in [1.807, 2.05) is 18.2 Å². The summed E-state index contributed by atoms with van der Waals surface area (Å²) in [5, 5.41) is 11.1. The SMILES string of the molecule is CC(C)(C)c1ccc(C(O)c2cc(Cl)cc(Br)c2)s1. The Hall–Kier alpha value is -0.350. The highest BCUT2D eigenvalue weighted by Crippen LogP contribution is 2.35. The van der Waals surface area contributed by atoms with Gasteiger partial charge < -0.3 is 5.11 Å². The summed E-state index contributed by atoms with van der Waals surface area (Å²) in [6.45, 7) is 6.51. The van der Waals surface area contributed by atoms with Gasteiger partial charge in [0.25, 0.3) is 0 Å². The van der Waals surface area contributed by atoms with Crippen LogP contribution in [-0.4, -0.2) is 5.11 Å². The Morgan fingerprint density at radius 2 is 1.89 bits per heavy atom. The zero-order valence-electron chi connectivity index (χ0n) is 11.1. The first kappa shape index (κ1) is 15.0. The van der Waals surface area contributed by atoms with Gasteiger partial charge in [0.15, 0.2) is 0 Å². The standard InChI is InChI=1S/C15H16BrClOS/c1-15(2,3)13-5-4-12(19-13)14(18)9-6-10(16)8-11(17)7-9/h4-8,14,18H,1-3H3. The molecule has 0 aliphatic heterocycles. The second-order valence-electron chi connectivity index (χ2n) is 5.56. The maximum Gasteiger partial charge on any atom is 0.113 e. The molecule has 0 saturated carbocycles. The summed E-state index contributed by atoms with van der Waals surface area (Å²) in [6.07, 6.45) is -0.629. The zero-order valence-corrected chi connectivity index (χ0v) is 14.2. The van der Waals surface area contributed by atoms with Gasteiger partial charge in [0.2, 0.25) is 0 Å². The lowest BCUT2D eigenvalue weighted by molar-refractivity contribution is 0.224. The van der Waals surface area contributed by atoms with Crippen LogP contribution in [0, 0.1) is 0 Å². The van der Waals surface area contributed by atoms with Crippen molar-refractivity contribution >= 4 is 38.9 Å². The number of rotatable bonds is 2. The van der Waals surface area contributed by atoms with E-state index in [9.17, 15) is 5.11 Å². The topological polar surface area (TPSA) is 20.2 Å². The van der Waals surface area contributed by atoms with Crippen molar-refractivity contribution in [3.05, 3.63) is 55.1 Å². The highest BCUT2D eigenvalue weighted by atomic mass is 79.9. The average molecular weight is 360 g/mol. The predicted octanol–water partition coefficient (Wildman–Crippen LogP) is 5.54. The molecular weight excluding hydrogens is 344 g/mol. The molecule has 0 bridgehead atoms. The van der Waals surface area contributed by atoms with Gasteiger partial charge >= 0.3 is 0 Å². The minimum Gasteiger partial charge on any atom is -0.383 e. The molecule has 0 saturated heterocycles. The molecule has 1 heterocycles. The Morgan fingerprint density at radius 3 is 2.42 bits per heavy atom. The molecule has 19 heavy (non-hydrogen) atoms. The predicted molar refractivity (Wildman–Crippen MR) is 86.2 cm³/mol. The summed E-state index contributed by atoms with van der Waals surface area (Å²) in [7, 11) is 0. The molecule has 1 unspecified atom stereocenters. The minimum atomic E-state index is -0.629. The fourth-order valence-corrected chi connectivity index (χ4v) is 3.77. The zero-order chi connectivity index (χ0) is 14.2. The molecule has 2 aromatic rings. The van der Waals surface area contributed by atoms with Crippen molar-refractivity contribution in [2.45, 2.75) is 32.3 Å². The van der Waals surface area contributed by atoms with Gasteiger partial charge in [-0.25, -0.2) is 0 Å². The Balaban J connectivity index is 2.33. The van der Waals surface area contributed by atoms with Crippen molar-refractivity contribution in [1.29, 1.82) is 0 Å². The Kier molecular flexibility index (Phi) is 4.41. The van der Waals surface area contributed by atoms with Gasteiger partial charge in [0, 0.05) is 19.2 Å². The lowest BCUT2D eigenvalue weighted by atomic mass is 9.95. The van der Waals surface area contributed by atoms with Crippen LogP contribution in [0.3, 0.4) is 0 Å². The molecule has 0 amide bonds. The second-order valence-corrected chi connectivity index (χ2v) is 8.02. The van der Waals surface area contributed by atoms with E-state index >= 15 is 0 Å². The summed E-state index contributed by atoms with van der Waals surface area (Å²) >= 11 is 11.1. The van der Waals surface area contributed by atoms with Gasteiger partial charge in [-0.15, -0.1) is 11.3 Å². The third kappa shape index (κ3) is 3.60. The van der Waals surface area contributed by atoms with E-state index in [4.69, 9.17) is 11.6 Å². The van der Waals surface area contributed by atoms with Crippen molar-refractivity contribution < 1.29 is 5.11 Å². The van der Waals surface area contributed by atoms with Crippen molar-refractivity contribution in [2.24, 2.45) is 0 Å². The van der Waals surface area contributed by atoms with Crippen molar-refractivity contribution in [1.82, 2.24) is 0 Å². The number of hydrogen-bond acceptors (Lipinski definition) is 2. The molecule has 0 spiro atoms. The average Bonchev–Trinajstić information content (AvgIpc) is 2.75. The normalized spacial score (nSPS) is 13.6. The molecule has 102 valence electrons. The quantitative estimate of drug-likeness (QED) is 0.746. The first-order valence-corrected chi connectivity index (χ1v) is 8.00. The summed E-state index contributed by atoms with van der Waals surface area (Å²) in [4.78, 5) is 2.21. The molecule has 1 N–H and O–H groups in total. The minimum absolute atomic E-state index is 0.109. The maximum absolute atomic E-state index is 10.5. The van der Waals surface area contributed by atoms with Gasteiger partial charge in [-0.3, -0.25) is 0 Å². The Morgan fingerprint density at radius 1 is 1.21 bits per heavy atom. The van der Waals surface area contributed by atoms with Crippen LogP contribution in [-0.2, 0) is 5.41 Å². The summed E-state index contributed by atoms with van der Waals surface area (Å²) in [5.74, 6) is 0. The lowest BCUT2D eigenvalue weighted by Gasteiger charge is -2.16. The first-order chi connectivity index (χ1) is 8.77. The number of aliphatic hydroxyl groups is 1. The molecule has 0 aliphatic carbocycles. The Bertz CT molecular complexity index is 566. The van der Waals surface area contributed by atoms with Crippen molar-refractivity contribution in [3.63, 3.8) is 0 Å². The fraction of sp³-hybridized carbons (Fsp3) is 0.333. The Labute approximate surface area is 131 Å². The van der Waals surface area contributed by atoms with Crippen LogP contribution in [0.25, 0.3) is 0 Å². The highest BCUT2D eigenvalue weighted by molar-refractivity contribution is 9.10. The van der Waals surface area contributed by atoms with E-state index in [1.54, 1.807) is 17.4 Å². The van der Waals surface area contributed by atoms with Gasteiger partial charge in [0.05, 0.1) is 0 Å². The van der Waals surface area contributed by atoms with E-state index in [2.05, 4.69) is 42.8 Å². The van der Waals surface area contributed by atoms with Crippen LogP contribution >= 0.6 is 38.9 Å². The van der Waals surface area contributed by atoms with Crippen LogP contribution in [0.15, 0.2) is 34.8 Å². The van der Waals surface area contributed by atoms with Gasteiger partial charge in [-0.05, 0) is 41.3 Å². The molecule has 2 rings (SSSR count). The number of benzene rings is 1. The molecule has 0 aliphatic rings. The number of thiophene rings is 1. The van der Waals surface area contributed by atoms with Crippen LogP contribution in [0.5, 0.6) is 0 Å². The van der Waals surface area contributed by atoms with Gasteiger partial charge in [-0.1, -0.05) is 48.3 Å². The summed E-state index contributed by atoms with van der Waals surface area (Å²) < 4.78 is 0.877. The van der Waals surface area contributed by atoms with Gasteiger partial charge in [-0.2, -0.15) is 0 Å². The van der Waals surface area contributed by atoms with E-state index < -0.39 is 6.10 Å². The molecular formula is C15H16BrClOS. The maximum atomic E-state index is 10.5. The largest absolute Gasteiger partial charge is 0.383 e. The first-order valence-electron chi connectivity index (χ1n) is 6.01. The second kappa shape index (κ2) is 5.57. The third-order valence-electron chi connectivity index (χ3n) is 2.84. The molecule has 1 aromatic carbocycles. The number of halogens is 2. The molecule has 1 aromatic heterocycles. The number of hydrogen-bond donors (Lipinski definition) is 1. The van der Waals surface area contributed by atoms with Crippen LogP contribution < -0.4 is 0 Å². The van der Waals surface area contributed by atoms with E-state index in [-0.39, 0.29) is 5.41 Å². The molecule has 0 fully saturated rings. The van der Waals surface area contributed by atoms with E-state index in [1.165, 1.54) is 4.88 Å². The van der Waals surface area contributed by atoms with Crippen molar-refractivity contribution in [2.75, 3.05) is 0 Å². The van der Waals surface area contributed by atoms with Crippen LogP contribution in [0.2, 0.25) is 5.02 Å². The monoisotopic (exact) mass is 358 g/mol. The number of aliphatic hydroxyl groups excluding tert-OH is 1. The molecule has 0 radical (unpaired) electrons. The van der Waals surface area contributed by atoms with Crippen molar-refractivity contribution in [3.8, 4) is 0 Å². The highest BCUT2D eigenvalue weighted by Gasteiger charge is 2.20.